The fourth-order valence-corrected chi connectivity index (χ4v) is 5.31. The lowest BCUT2D eigenvalue weighted by molar-refractivity contribution is 0.434. The number of nitrogens with zero attached hydrogens (tertiary/aromatic N) is 1. The average molecular weight is 353 g/mol. The van der Waals surface area contributed by atoms with Crippen LogP contribution in [0.5, 0.6) is 0 Å². The van der Waals surface area contributed by atoms with Gasteiger partial charge in [-0.3, -0.25) is 0 Å². The number of aryl methyl sites for hydroxylation is 1. The monoisotopic (exact) mass is 352 g/mol. The number of rotatable bonds is 2. The smallest absolute Gasteiger partial charge is 0.243 e. The van der Waals surface area contributed by atoms with Crippen LogP contribution in [0.25, 0.3) is 0 Å². The number of benzene rings is 1. The van der Waals surface area contributed by atoms with Crippen LogP contribution in [0.4, 0.5) is 5.69 Å². The van der Waals surface area contributed by atoms with Gasteiger partial charge in [-0.25, -0.2) is 16.8 Å². The second kappa shape index (κ2) is 5.75. The highest BCUT2D eigenvalue weighted by Crippen LogP contribution is 2.28. The SMILES string of the molecule is Cc1cc(S(=O)(=O)N2CCCS(=O)(=O)CC2)cc(N)c1Cl. The van der Waals surface area contributed by atoms with Gasteiger partial charge in [-0.2, -0.15) is 4.31 Å². The molecule has 1 saturated heterocycles. The Bertz CT molecular complexity index is 736. The topological polar surface area (TPSA) is 97.5 Å². The van der Waals surface area contributed by atoms with E-state index in [9.17, 15) is 16.8 Å². The van der Waals surface area contributed by atoms with Crippen molar-refractivity contribution in [1.29, 1.82) is 0 Å². The molecule has 0 saturated carbocycles. The minimum absolute atomic E-state index is 0.0147. The summed E-state index contributed by atoms with van der Waals surface area (Å²) in [5.74, 6) is -0.144. The fourth-order valence-electron chi connectivity index (χ4n) is 2.22. The molecule has 21 heavy (non-hydrogen) atoms. The molecule has 0 aliphatic carbocycles. The Morgan fingerprint density at radius 1 is 1.24 bits per heavy atom. The van der Waals surface area contributed by atoms with E-state index in [2.05, 4.69) is 0 Å². The Kier molecular flexibility index (Phi) is 4.53. The summed E-state index contributed by atoms with van der Waals surface area (Å²) in [6.07, 6.45) is 0.295. The van der Waals surface area contributed by atoms with Crippen LogP contribution in [0.15, 0.2) is 17.0 Å². The van der Waals surface area contributed by atoms with E-state index >= 15 is 0 Å². The molecule has 1 aromatic rings. The van der Waals surface area contributed by atoms with Crippen LogP contribution >= 0.6 is 11.6 Å². The molecule has 0 bridgehead atoms. The lowest BCUT2D eigenvalue weighted by Gasteiger charge is -2.20. The number of anilines is 1. The highest BCUT2D eigenvalue weighted by molar-refractivity contribution is 7.91. The Hall–Kier alpha value is -0.830. The van der Waals surface area contributed by atoms with Crippen LogP contribution in [0.3, 0.4) is 0 Å². The third kappa shape index (κ3) is 3.50. The number of halogens is 1. The second-order valence-electron chi connectivity index (χ2n) is 5.05. The molecule has 1 heterocycles. The van der Waals surface area contributed by atoms with Gasteiger partial charge in [-0.1, -0.05) is 11.6 Å². The first-order valence-electron chi connectivity index (χ1n) is 6.40. The summed E-state index contributed by atoms with van der Waals surface area (Å²) >= 11 is 5.94. The first-order valence-corrected chi connectivity index (χ1v) is 10.0. The molecule has 0 unspecified atom stereocenters. The number of hydrogen-bond donors (Lipinski definition) is 1. The third-order valence-electron chi connectivity index (χ3n) is 3.41. The summed E-state index contributed by atoms with van der Waals surface area (Å²) in [7, 11) is -6.94. The maximum atomic E-state index is 12.6. The Morgan fingerprint density at radius 2 is 1.90 bits per heavy atom. The molecule has 1 aliphatic heterocycles. The van der Waals surface area contributed by atoms with Gasteiger partial charge in [0.05, 0.1) is 27.1 Å². The van der Waals surface area contributed by atoms with Crippen LogP contribution in [0.1, 0.15) is 12.0 Å². The van der Waals surface area contributed by atoms with Gasteiger partial charge in [0.25, 0.3) is 0 Å². The molecule has 118 valence electrons. The van der Waals surface area contributed by atoms with Crippen molar-refractivity contribution in [2.75, 3.05) is 30.3 Å². The maximum Gasteiger partial charge on any atom is 0.243 e. The van der Waals surface area contributed by atoms with E-state index in [1.54, 1.807) is 6.92 Å². The zero-order valence-corrected chi connectivity index (χ0v) is 13.9. The predicted octanol–water partition coefficient (Wildman–Crippen LogP) is 1.04. The standard InChI is InChI=1S/C12H17ClN2O4S2/c1-9-7-10(8-11(14)12(9)13)21(18,19)15-3-2-5-20(16,17)6-4-15/h7-8H,2-6,14H2,1H3. The highest BCUT2D eigenvalue weighted by atomic mass is 35.5. The van der Waals surface area contributed by atoms with Gasteiger partial charge in [-0.15, -0.1) is 0 Å². The first-order chi connectivity index (χ1) is 9.63. The van der Waals surface area contributed by atoms with Crippen LogP contribution in [0, 0.1) is 6.92 Å². The molecule has 0 atom stereocenters. The predicted molar refractivity (Wildman–Crippen MR) is 82.6 cm³/mol. The fraction of sp³-hybridized carbons (Fsp3) is 0.500. The third-order valence-corrected chi connectivity index (χ3v) is 7.52. The molecule has 1 aromatic carbocycles. The molecule has 0 radical (unpaired) electrons. The zero-order chi connectivity index (χ0) is 15.8. The lowest BCUT2D eigenvalue weighted by atomic mass is 10.2. The molecule has 2 rings (SSSR count). The maximum absolute atomic E-state index is 12.6. The van der Waals surface area contributed by atoms with Gasteiger partial charge < -0.3 is 5.73 Å². The molecule has 1 fully saturated rings. The lowest BCUT2D eigenvalue weighted by Crippen LogP contribution is -2.33. The minimum Gasteiger partial charge on any atom is -0.397 e. The summed E-state index contributed by atoms with van der Waals surface area (Å²) in [5.41, 5.74) is 6.47. The van der Waals surface area contributed by atoms with Crippen molar-refractivity contribution in [3.8, 4) is 0 Å². The highest BCUT2D eigenvalue weighted by Gasteiger charge is 2.29. The normalized spacial score (nSPS) is 20.1. The summed E-state index contributed by atoms with van der Waals surface area (Å²) in [6.45, 7) is 1.82. The number of nitrogen functional groups attached to an aromatic ring is 1. The van der Waals surface area contributed by atoms with Crippen molar-refractivity contribution in [1.82, 2.24) is 4.31 Å². The summed E-state index contributed by atoms with van der Waals surface area (Å²) in [5, 5.41) is 0.326. The van der Waals surface area contributed by atoms with E-state index in [0.717, 1.165) is 0 Å². The van der Waals surface area contributed by atoms with E-state index in [0.29, 0.717) is 17.0 Å². The van der Waals surface area contributed by atoms with Crippen molar-refractivity contribution in [3.63, 3.8) is 0 Å². The van der Waals surface area contributed by atoms with Crippen LogP contribution in [-0.2, 0) is 19.9 Å². The molecular weight excluding hydrogens is 336 g/mol. The molecule has 1 aliphatic rings. The number of nitrogens with two attached hydrogens (primary N) is 1. The minimum atomic E-state index is -3.77. The molecule has 6 nitrogen and oxygen atoms in total. The van der Waals surface area contributed by atoms with Gasteiger partial charge in [0.1, 0.15) is 0 Å². The van der Waals surface area contributed by atoms with E-state index in [-0.39, 0.29) is 35.2 Å². The molecule has 0 amide bonds. The Morgan fingerprint density at radius 3 is 2.52 bits per heavy atom. The number of sulfone groups is 1. The van der Waals surface area contributed by atoms with Crippen LogP contribution in [-0.4, -0.2) is 45.7 Å². The first kappa shape index (κ1) is 16.5. The molecular formula is C12H17ClN2O4S2. The van der Waals surface area contributed by atoms with Crippen molar-refractivity contribution in [3.05, 3.63) is 22.7 Å². The van der Waals surface area contributed by atoms with Gasteiger partial charge >= 0.3 is 0 Å². The number of hydrogen-bond acceptors (Lipinski definition) is 5. The zero-order valence-electron chi connectivity index (χ0n) is 11.5. The Balaban J connectivity index is 2.38. The van der Waals surface area contributed by atoms with Crippen molar-refractivity contribution in [2.45, 2.75) is 18.2 Å². The molecule has 9 heteroatoms. The van der Waals surface area contributed by atoms with E-state index in [4.69, 9.17) is 17.3 Å². The average Bonchev–Trinajstić information content (AvgIpc) is 2.56. The van der Waals surface area contributed by atoms with Crippen molar-refractivity contribution in [2.24, 2.45) is 0 Å². The molecule has 2 N–H and O–H groups in total. The van der Waals surface area contributed by atoms with Crippen molar-refractivity contribution >= 4 is 37.1 Å². The van der Waals surface area contributed by atoms with E-state index in [1.807, 2.05) is 0 Å². The largest absolute Gasteiger partial charge is 0.397 e. The van der Waals surface area contributed by atoms with E-state index in [1.165, 1.54) is 16.4 Å². The number of sulfonamides is 1. The van der Waals surface area contributed by atoms with Gasteiger partial charge in [0.2, 0.25) is 10.0 Å². The van der Waals surface area contributed by atoms with E-state index < -0.39 is 19.9 Å². The quantitative estimate of drug-likeness (QED) is 0.802. The Labute approximate surface area is 129 Å². The van der Waals surface area contributed by atoms with Crippen LogP contribution < -0.4 is 5.73 Å². The van der Waals surface area contributed by atoms with Gasteiger partial charge in [0.15, 0.2) is 9.84 Å². The van der Waals surface area contributed by atoms with Gasteiger partial charge in [0, 0.05) is 13.1 Å². The van der Waals surface area contributed by atoms with Gasteiger partial charge in [-0.05, 0) is 31.0 Å². The van der Waals surface area contributed by atoms with Crippen LogP contribution in [0.2, 0.25) is 5.02 Å². The second-order valence-corrected chi connectivity index (χ2v) is 9.67. The summed E-state index contributed by atoms with van der Waals surface area (Å²) in [4.78, 5) is 0.0428. The molecule has 0 spiro atoms. The van der Waals surface area contributed by atoms with Crippen molar-refractivity contribution < 1.29 is 16.8 Å². The molecule has 0 aromatic heterocycles. The summed E-state index contributed by atoms with van der Waals surface area (Å²) in [6, 6.07) is 2.76. The summed E-state index contributed by atoms with van der Waals surface area (Å²) < 4.78 is 49.5.